The topological polar surface area (TPSA) is 73.3 Å². The molecule has 2 heterocycles. The molecule has 0 aliphatic carbocycles. The summed E-state index contributed by atoms with van der Waals surface area (Å²) in [5.41, 5.74) is 2.66. The quantitative estimate of drug-likeness (QED) is 0.555. The van der Waals surface area contributed by atoms with Crippen LogP contribution in [0.5, 0.6) is 11.5 Å². The molecule has 0 radical (unpaired) electrons. The van der Waals surface area contributed by atoms with E-state index in [1.165, 1.54) is 17.4 Å². The number of benzene rings is 1. The molecule has 1 unspecified atom stereocenters. The van der Waals surface area contributed by atoms with Gasteiger partial charge in [0.2, 0.25) is 5.91 Å². The minimum absolute atomic E-state index is 0.191. The molecule has 6 nitrogen and oxygen atoms in total. The van der Waals surface area contributed by atoms with Crippen LogP contribution in [0.1, 0.15) is 30.5 Å². The fourth-order valence-corrected chi connectivity index (χ4v) is 3.53. The molecule has 0 fully saturated rings. The molecule has 1 atom stereocenters. The van der Waals surface area contributed by atoms with E-state index in [-0.39, 0.29) is 11.9 Å². The van der Waals surface area contributed by atoms with Crippen molar-refractivity contribution < 1.29 is 14.3 Å². The second kappa shape index (κ2) is 9.84. The highest BCUT2D eigenvalue weighted by atomic mass is 32.1. The number of methoxy groups -OCH3 is 1. The van der Waals surface area contributed by atoms with Gasteiger partial charge in [-0.15, -0.1) is 11.3 Å². The summed E-state index contributed by atoms with van der Waals surface area (Å²) < 4.78 is 10.8. The Morgan fingerprint density at radius 3 is 2.90 bits per heavy atom. The Morgan fingerprint density at radius 1 is 1.31 bits per heavy atom. The van der Waals surface area contributed by atoms with Crippen LogP contribution in [0.2, 0.25) is 0 Å². The van der Waals surface area contributed by atoms with Crippen LogP contribution in [-0.4, -0.2) is 29.6 Å². The van der Waals surface area contributed by atoms with Crippen LogP contribution in [0.3, 0.4) is 0 Å². The summed E-state index contributed by atoms with van der Waals surface area (Å²) in [5, 5.41) is 5.75. The molecular weight excluding hydrogens is 386 g/mol. The summed E-state index contributed by atoms with van der Waals surface area (Å²) in [7, 11) is 1.59. The van der Waals surface area contributed by atoms with Crippen molar-refractivity contribution in [1.29, 1.82) is 0 Å². The first-order chi connectivity index (χ1) is 14.1. The Bertz CT molecular complexity index is 986. The predicted molar refractivity (Wildman–Crippen MR) is 115 cm³/mol. The molecule has 0 aliphatic rings. The summed E-state index contributed by atoms with van der Waals surface area (Å²) in [6.07, 6.45) is 6.74. The van der Waals surface area contributed by atoms with Gasteiger partial charge in [0.05, 0.1) is 25.5 Å². The Morgan fingerprint density at radius 2 is 2.17 bits per heavy atom. The number of aromatic nitrogens is 2. The van der Waals surface area contributed by atoms with Crippen LogP contribution in [-0.2, 0) is 4.79 Å². The van der Waals surface area contributed by atoms with Crippen LogP contribution < -0.4 is 14.8 Å². The highest BCUT2D eigenvalue weighted by Crippen LogP contribution is 2.28. The molecule has 3 aromatic rings. The van der Waals surface area contributed by atoms with Gasteiger partial charge >= 0.3 is 0 Å². The number of nitrogens with one attached hydrogen (secondary N) is 1. The molecule has 0 saturated carbocycles. The lowest BCUT2D eigenvalue weighted by molar-refractivity contribution is -0.117. The molecule has 3 rings (SSSR count). The van der Waals surface area contributed by atoms with Gasteiger partial charge in [-0.05, 0) is 49.8 Å². The van der Waals surface area contributed by atoms with E-state index < -0.39 is 0 Å². The maximum atomic E-state index is 12.3. The van der Waals surface area contributed by atoms with Crippen molar-refractivity contribution in [2.75, 3.05) is 13.7 Å². The zero-order valence-corrected chi connectivity index (χ0v) is 17.4. The molecule has 1 N–H and O–H groups in total. The molecule has 29 heavy (non-hydrogen) atoms. The maximum absolute atomic E-state index is 12.3. The Kier molecular flexibility index (Phi) is 6.97. The summed E-state index contributed by atoms with van der Waals surface area (Å²) in [5.74, 6) is 1.12. The van der Waals surface area contributed by atoms with Crippen molar-refractivity contribution in [2.45, 2.75) is 19.9 Å². The van der Waals surface area contributed by atoms with Crippen LogP contribution in [0.15, 0.2) is 54.2 Å². The molecule has 0 bridgehead atoms. The Balaban J connectivity index is 1.62. The molecule has 7 heteroatoms. The summed E-state index contributed by atoms with van der Waals surface area (Å²) in [6, 6.07) is 9.18. The minimum Gasteiger partial charge on any atom is -0.493 e. The lowest BCUT2D eigenvalue weighted by atomic mass is 10.2. The third kappa shape index (κ3) is 5.42. The average Bonchev–Trinajstić information content (AvgIpc) is 3.24. The standard InChI is InChI=1S/C22H23N3O3S/c1-4-28-19-9-7-16(12-20(19)27-3)8-10-21(26)24-15(2)22-25-18(14-29-22)17-6-5-11-23-13-17/h5-15H,4H2,1-3H3,(H,24,26). The predicted octanol–water partition coefficient (Wildman–Crippen LogP) is 4.50. The normalized spacial score (nSPS) is 12.0. The van der Waals surface area contributed by atoms with Crippen molar-refractivity contribution >= 4 is 23.3 Å². The number of hydrogen-bond donors (Lipinski definition) is 1. The zero-order chi connectivity index (χ0) is 20.6. The van der Waals surface area contributed by atoms with Gasteiger partial charge in [0.15, 0.2) is 11.5 Å². The summed E-state index contributed by atoms with van der Waals surface area (Å²) >= 11 is 1.51. The van der Waals surface area contributed by atoms with Crippen molar-refractivity contribution in [3.05, 3.63) is 64.8 Å². The van der Waals surface area contributed by atoms with Gasteiger partial charge in [0.25, 0.3) is 0 Å². The molecule has 1 amide bonds. The lowest BCUT2D eigenvalue weighted by Gasteiger charge is -2.10. The Hall–Kier alpha value is -3.19. The van der Waals surface area contributed by atoms with E-state index in [0.29, 0.717) is 18.1 Å². The largest absolute Gasteiger partial charge is 0.493 e. The number of carbonyl (C=O) groups excluding carboxylic acids is 1. The van der Waals surface area contributed by atoms with Gasteiger partial charge in [-0.1, -0.05) is 6.07 Å². The first-order valence-electron chi connectivity index (χ1n) is 9.26. The van der Waals surface area contributed by atoms with Gasteiger partial charge in [0, 0.05) is 29.4 Å². The van der Waals surface area contributed by atoms with Crippen molar-refractivity contribution in [3.8, 4) is 22.8 Å². The van der Waals surface area contributed by atoms with Crippen LogP contribution in [0.25, 0.3) is 17.3 Å². The van der Waals surface area contributed by atoms with Gasteiger partial charge in [0.1, 0.15) is 5.01 Å². The fraction of sp³-hybridized carbons (Fsp3) is 0.227. The number of pyridine rings is 1. The number of thiazole rings is 1. The third-order valence-electron chi connectivity index (χ3n) is 4.12. The second-order valence-corrected chi connectivity index (χ2v) is 7.11. The SMILES string of the molecule is CCOc1ccc(C=CC(=O)NC(C)c2nc(-c3cccnc3)cs2)cc1OC. The van der Waals surface area contributed by atoms with Crippen molar-refractivity contribution in [1.82, 2.24) is 15.3 Å². The maximum Gasteiger partial charge on any atom is 0.244 e. The first-order valence-corrected chi connectivity index (χ1v) is 10.1. The number of carbonyl (C=O) groups is 1. The fourth-order valence-electron chi connectivity index (χ4n) is 2.69. The molecule has 0 saturated heterocycles. The van der Waals surface area contributed by atoms with E-state index in [9.17, 15) is 4.79 Å². The number of rotatable bonds is 8. The molecule has 0 aliphatic heterocycles. The van der Waals surface area contributed by atoms with Gasteiger partial charge in [-0.25, -0.2) is 4.98 Å². The lowest BCUT2D eigenvalue weighted by Crippen LogP contribution is -2.24. The second-order valence-electron chi connectivity index (χ2n) is 6.22. The molecule has 2 aromatic heterocycles. The van der Waals surface area contributed by atoms with Crippen LogP contribution >= 0.6 is 11.3 Å². The van der Waals surface area contributed by atoms with E-state index in [4.69, 9.17) is 9.47 Å². The molecule has 1 aromatic carbocycles. The van der Waals surface area contributed by atoms with Crippen molar-refractivity contribution in [2.24, 2.45) is 0 Å². The summed E-state index contributed by atoms with van der Waals surface area (Å²) in [4.78, 5) is 21.0. The van der Waals surface area contributed by atoms with E-state index in [0.717, 1.165) is 21.8 Å². The number of hydrogen-bond acceptors (Lipinski definition) is 6. The van der Waals surface area contributed by atoms with Crippen LogP contribution in [0, 0.1) is 0 Å². The van der Waals surface area contributed by atoms with Crippen LogP contribution in [0.4, 0.5) is 0 Å². The number of amides is 1. The first kappa shape index (κ1) is 20.5. The monoisotopic (exact) mass is 409 g/mol. The van der Waals surface area contributed by atoms with Gasteiger partial charge in [-0.3, -0.25) is 9.78 Å². The van der Waals surface area contributed by atoms with E-state index in [1.54, 1.807) is 25.6 Å². The number of ether oxygens (including phenoxy) is 2. The van der Waals surface area contributed by atoms with Crippen molar-refractivity contribution in [3.63, 3.8) is 0 Å². The van der Waals surface area contributed by atoms with Gasteiger partial charge < -0.3 is 14.8 Å². The number of nitrogens with zero attached hydrogens (tertiary/aromatic N) is 2. The highest BCUT2D eigenvalue weighted by molar-refractivity contribution is 7.10. The molecule has 0 spiro atoms. The Labute approximate surface area is 174 Å². The molecular formula is C22H23N3O3S. The highest BCUT2D eigenvalue weighted by Gasteiger charge is 2.13. The van der Waals surface area contributed by atoms with E-state index >= 15 is 0 Å². The zero-order valence-electron chi connectivity index (χ0n) is 16.6. The van der Waals surface area contributed by atoms with E-state index in [1.807, 2.05) is 49.6 Å². The summed E-state index contributed by atoms with van der Waals surface area (Å²) in [6.45, 7) is 4.39. The minimum atomic E-state index is -0.197. The third-order valence-corrected chi connectivity index (χ3v) is 5.15. The van der Waals surface area contributed by atoms with E-state index in [2.05, 4.69) is 15.3 Å². The average molecular weight is 410 g/mol. The molecule has 150 valence electrons. The van der Waals surface area contributed by atoms with Gasteiger partial charge in [-0.2, -0.15) is 0 Å². The smallest absolute Gasteiger partial charge is 0.244 e.